The number of aliphatic hydroxyl groups excluding tert-OH is 1. The zero-order valence-electron chi connectivity index (χ0n) is 10.6. The highest BCUT2D eigenvalue weighted by molar-refractivity contribution is 5.78. The molecule has 0 bridgehead atoms. The maximum absolute atomic E-state index is 10.6. The number of hydrogen-bond acceptors (Lipinski definition) is 4. The molecule has 5 nitrogen and oxygen atoms in total. The van der Waals surface area contributed by atoms with Crippen LogP contribution in [0, 0.1) is 0 Å². The number of nitrogens with two attached hydrogens (primary N) is 1. The van der Waals surface area contributed by atoms with Gasteiger partial charge in [0.1, 0.15) is 11.9 Å². The number of benzene rings is 1. The summed E-state index contributed by atoms with van der Waals surface area (Å²) in [6.07, 6.45) is -0.183. The van der Waals surface area contributed by atoms with Crippen LogP contribution in [0.4, 0.5) is 0 Å². The number of carbonyl (C=O) groups excluding carboxylic acids is 1. The first-order valence-electron chi connectivity index (χ1n) is 6.03. The largest absolute Gasteiger partial charge is 0.494 e. The number of hydrogen-bond donors (Lipinski definition) is 3. The second-order valence-corrected chi connectivity index (χ2v) is 4.04. The quantitative estimate of drug-likeness (QED) is 0.625. The molecule has 0 heterocycles. The van der Waals surface area contributed by atoms with E-state index in [0.29, 0.717) is 13.2 Å². The summed E-state index contributed by atoms with van der Waals surface area (Å²) in [5.74, 6) is 0.106. The number of carbonyl (C=O) groups is 1. The fourth-order valence-electron chi connectivity index (χ4n) is 1.42. The van der Waals surface area contributed by atoms with Gasteiger partial charge in [0.15, 0.2) is 0 Å². The zero-order chi connectivity index (χ0) is 13.4. The topological polar surface area (TPSA) is 84.6 Å². The van der Waals surface area contributed by atoms with E-state index in [1.165, 1.54) is 0 Å². The van der Waals surface area contributed by atoms with Gasteiger partial charge in [-0.3, -0.25) is 4.79 Å². The van der Waals surface area contributed by atoms with Gasteiger partial charge in [-0.05, 0) is 24.1 Å². The van der Waals surface area contributed by atoms with Crippen LogP contribution in [0.3, 0.4) is 0 Å². The summed E-state index contributed by atoms with van der Waals surface area (Å²) in [5, 5.41) is 12.2. The summed E-state index contributed by atoms with van der Waals surface area (Å²) in [4.78, 5) is 10.6. The normalized spacial score (nSPS) is 12.1. The molecular weight excluding hydrogens is 232 g/mol. The molecule has 0 spiro atoms. The Kier molecular flexibility index (Phi) is 6.18. The number of primary amides is 1. The Bertz CT molecular complexity index is 382. The SMILES string of the molecule is CCCOc1cccc(CNCC(O)C(N)=O)c1. The van der Waals surface area contributed by atoms with Gasteiger partial charge in [0, 0.05) is 13.1 Å². The number of rotatable bonds is 8. The molecule has 18 heavy (non-hydrogen) atoms. The van der Waals surface area contributed by atoms with E-state index in [0.717, 1.165) is 17.7 Å². The molecule has 0 saturated heterocycles. The van der Waals surface area contributed by atoms with Crippen molar-refractivity contribution in [3.8, 4) is 5.75 Å². The van der Waals surface area contributed by atoms with Crippen molar-refractivity contribution in [2.75, 3.05) is 13.2 Å². The fraction of sp³-hybridized carbons (Fsp3) is 0.462. The van der Waals surface area contributed by atoms with Crippen molar-refractivity contribution in [2.45, 2.75) is 26.0 Å². The zero-order valence-corrected chi connectivity index (χ0v) is 10.6. The minimum Gasteiger partial charge on any atom is -0.494 e. The van der Waals surface area contributed by atoms with Crippen molar-refractivity contribution >= 4 is 5.91 Å². The molecule has 5 heteroatoms. The summed E-state index contributed by atoms with van der Waals surface area (Å²) in [6, 6.07) is 7.69. The molecule has 0 aliphatic heterocycles. The van der Waals surface area contributed by atoms with Gasteiger partial charge in [-0.2, -0.15) is 0 Å². The van der Waals surface area contributed by atoms with Crippen LogP contribution < -0.4 is 15.8 Å². The lowest BCUT2D eigenvalue weighted by molar-refractivity contribution is -0.125. The lowest BCUT2D eigenvalue weighted by Gasteiger charge is -2.10. The highest BCUT2D eigenvalue weighted by Gasteiger charge is 2.09. The van der Waals surface area contributed by atoms with E-state index in [2.05, 4.69) is 12.2 Å². The van der Waals surface area contributed by atoms with Crippen LogP contribution in [0.1, 0.15) is 18.9 Å². The summed E-state index contributed by atoms with van der Waals surface area (Å²) >= 11 is 0. The second-order valence-electron chi connectivity index (χ2n) is 4.04. The van der Waals surface area contributed by atoms with Gasteiger partial charge in [-0.15, -0.1) is 0 Å². The Balaban J connectivity index is 2.40. The van der Waals surface area contributed by atoms with Crippen molar-refractivity contribution in [1.29, 1.82) is 0 Å². The van der Waals surface area contributed by atoms with Crippen molar-refractivity contribution < 1.29 is 14.6 Å². The van der Waals surface area contributed by atoms with E-state index < -0.39 is 12.0 Å². The first-order chi connectivity index (χ1) is 8.63. The van der Waals surface area contributed by atoms with Crippen molar-refractivity contribution in [3.63, 3.8) is 0 Å². The first-order valence-corrected chi connectivity index (χ1v) is 6.03. The van der Waals surface area contributed by atoms with Gasteiger partial charge in [0.05, 0.1) is 6.61 Å². The van der Waals surface area contributed by atoms with E-state index in [1.807, 2.05) is 24.3 Å². The van der Waals surface area contributed by atoms with Crippen LogP contribution in [0.2, 0.25) is 0 Å². The molecule has 1 amide bonds. The standard InChI is InChI=1S/C13H20N2O3/c1-2-6-18-11-5-3-4-10(7-11)8-15-9-12(16)13(14)17/h3-5,7,12,15-16H,2,6,8-9H2,1H3,(H2,14,17). The van der Waals surface area contributed by atoms with Gasteiger partial charge >= 0.3 is 0 Å². The highest BCUT2D eigenvalue weighted by atomic mass is 16.5. The molecule has 1 unspecified atom stereocenters. The third-order valence-electron chi connectivity index (χ3n) is 2.37. The molecule has 0 radical (unpaired) electrons. The maximum Gasteiger partial charge on any atom is 0.247 e. The molecule has 100 valence electrons. The van der Waals surface area contributed by atoms with E-state index in [1.54, 1.807) is 0 Å². The Morgan fingerprint density at radius 3 is 3.00 bits per heavy atom. The lowest BCUT2D eigenvalue weighted by atomic mass is 10.2. The van der Waals surface area contributed by atoms with Crippen LogP contribution in [0.15, 0.2) is 24.3 Å². The molecule has 0 aliphatic rings. The van der Waals surface area contributed by atoms with E-state index in [4.69, 9.17) is 10.5 Å². The molecule has 1 atom stereocenters. The van der Waals surface area contributed by atoms with E-state index in [-0.39, 0.29) is 6.54 Å². The third kappa shape index (κ3) is 5.16. The van der Waals surface area contributed by atoms with Crippen LogP contribution in [-0.4, -0.2) is 30.3 Å². The van der Waals surface area contributed by atoms with Crippen LogP contribution in [0.25, 0.3) is 0 Å². The number of nitrogens with one attached hydrogen (secondary N) is 1. The summed E-state index contributed by atoms with van der Waals surface area (Å²) < 4.78 is 5.51. The van der Waals surface area contributed by atoms with Gasteiger partial charge in [0.25, 0.3) is 0 Å². The Morgan fingerprint density at radius 2 is 2.33 bits per heavy atom. The van der Waals surface area contributed by atoms with E-state index in [9.17, 15) is 9.90 Å². The molecular formula is C13H20N2O3. The molecule has 1 rings (SSSR count). The molecule has 0 aliphatic carbocycles. The Hall–Kier alpha value is -1.59. The Morgan fingerprint density at radius 1 is 1.56 bits per heavy atom. The highest BCUT2D eigenvalue weighted by Crippen LogP contribution is 2.13. The van der Waals surface area contributed by atoms with Crippen LogP contribution in [-0.2, 0) is 11.3 Å². The average Bonchev–Trinajstić information content (AvgIpc) is 2.36. The Labute approximate surface area is 107 Å². The average molecular weight is 252 g/mol. The minimum absolute atomic E-state index is 0.148. The van der Waals surface area contributed by atoms with Crippen molar-refractivity contribution in [1.82, 2.24) is 5.32 Å². The fourth-order valence-corrected chi connectivity index (χ4v) is 1.42. The van der Waals surface area contributed by atoms with Crippen molar-refractivity contribution in [3.05, 3.63) is 29.8 Å². The monoisotopic (exact) mass is 252 g/mol. The first kappa shape index (κ1) is 14.5. The van der Waals surface area contributed by atoms with E-state index >= 15 is 0 Å². The van der Waals surface area contributed by atoms with Crippen LogP contribution in [0.5, 0.6) is 5.75 Å². The molecule has 0 fully saturated rings. The summed E-state index contributed by atoms with van der Waals surface area (Å²) in [5.41, 5.74) is 5.97. The number of ether oxygens (including phenoxy) is 1. The summed E-state index contributed by atoms with van der Waals surface area (Å²) in [6.45, 7) is 3.44. The molecule has 4 N–H and O–H groups in total. The smallest absolute Gasteiger partial charge is 0.247 e. The van der Waals surface area contributed by atoms with Crippen LogP contribution >= 0.6 is 0 Å². The lowest BCUT2D eigenvalue weighted by Crippen LogP contribution is -2.37. The van der Waals surface area contributed by atoms with Gasteiger partial charge in [0.2, 0.25) is 5.91 Å². The second kappa shape index (κ2) is 7.68. The van der Waals surface area contributed by atoms with Gasteiger partial charge in [-0.1, -0.05) is 19.1 Å². The molecule has 0 aromatic heterocycles. The third-order valence-corrected chi connectivity index (χ3v) is 2.37. The maximum atomic E-state index is 10.6. The predicted molar refractivity (Wildman–Crippen MR) is 69.1 cm³/mol. The molecule has 0 saturated carbocycles. The molecule has 1 aromatic rings. The number of aliphatic hydroxyl groups is 1. The van der Waals surface area contributed by atoms with Crippen molar-refractivity contribution in [2.24, 2.45) is 5.73 Å². The summed E-state index contributed by atoms with van der Waals surface area (Å²) in [7, 11) is 0. The minimum atomic E-state index is -1.15. The predicted octanol–water partition coefficient (Wildman–Crippen LogP) is 0.411. The number of amides is 1. The molecule has 1 aromatic carbocycles. The van der Waals surface area contributed by atoms with Gasteiger partial charge in [-0.25, -0.2) is 0 Å². The van der Waals surface area contributed by atoms with Gasteiger partial charge < -0.3 is 20.9 Å².